The van der Waals surface area contributed by atoms with Crippen molar-refractivity contribution in [2.24, 2.45) is 0 Å². The molecule has 0 aliphatic heterocycles. The number of ether oxygens (including phenoxy) is 1. The SMILES string of the molecule is CNC(=O)NC(=O)C(C)Oc1ccc(N)c(C(=O)O)c1. The Balaban J connectivity index is 2.78. The lowest BCUT2D eigenvalue weighted by Gasteiger charge is -2.14. The molecule has 1 rings (SSSR count). The molecule has 0 spiro atoms. The zero-order chi connectivity index (χ0) is 15.3. The number of carboxylic acid groups (broad SMARTS) is 1. The van der Waals surface area contributed by atoms with Crippen molar-refractivity contribution in [3.05, 3.63) is 23.8 Å². The lowest BCUT2D eigenvalue weighted by Crippen LogP contribution is -2.43. The molecule has 0 radical (unpaired) electrons. The first-order valence-corrected chi connectivity index (χ1v) is 5.67. The number of aromatic carboxylic acids is 1. The molecule has 0 saturated heterocycles. The summed E-state index contributed by atoms with van der Waals surface area (Å²) < 4.78 is 5.26. The van der Waals surface area contributed by atoms with Crippen LogP contribution in [-0.2, 0) is 4.79 Å². The van der Waals surface area contributed by atoms with Gasteiger partial charge in [-0.2, -0.15) is 0 Å². The van der Waals surface area contributed by atoms with Crippen LogP contribution < -0.4 is 21.1 Å². The van der Waals surface area contributed by atoms with Crippen LogP contribution in [0.4, 0.5) is 10.5 Å². The molecule has 0 aliphatic carbocycles. The molecule has 1 aromatic carbocycles. The van der Waals surface area contributed by atoms with Crippen LogP contribution >= 0.6 is 0 Å². The van der Waals surface area contributed by atoms with Gasteiger partial charge in [0.25, 0.3) is 5.91 Å². The summed E-state index contributed by atoms with van der Waals surface area (Å²) in [6.45, 7) is 1.43. The van der Waals surface area contributed by atoms with Gasteiger partial charge >= 0.3 is 12.0 Å². The molecule has 1 aromatic rings. The number of nitrogens with two attached hydrogens (primary N) is 1. The van der Waals surface area contributed by atoms with Crippen molar-refractivity contribution in [1.29, 1.82) is 0 Å². The van der Waals surface area contributed by atoms with Crippen LogP contribution in [0.2, 0.25) is 0 Å². The van der Waals surface area contributed by atoms with E-state index in [1.807, 2.05) is 5.32 Å². The predicted molar refractivity (Wildman–Crippen MR) is 70.5 cm³/mol. The van der Waals surface area contributed by atoms with Crippen molar-refractivity contribution in [2.45, 2.75) is 13.0 Å². The molecule has 20 heavy (non-hydrogen) atoms. The number of hydrogen-bond acceptors (Lipinski definition) is 5. The summed E-state index contributed by atoms with van der Waals surface area (Å²) in [6, 6.07) is 3.35. The van der Waals surface area contributed by atoms with Crippen molar-refractivity contribution in [3.8, 4) is 5.75 Å². The number of carbonyl (C=O) groups excluding carboxylic acids is 2. The highest BCUT2D eigenvalue weighted by Gasteiger charge is 2.18. The Kier molecular flexibility index (Phi) is 4.90. The number of rotatable bonds is 4. The second-order valence-corrected chi connectivity index (χ2v) is 3.88. The molecule has 1 atom stereocenters. The third-order valence-electron chi connectivity index (χ3n) is 2.40. The number of carboxylic acids is 1. The van der Waals surface area contributed by atoms with Gasteiger partial charge in [0.1, 0.15) is 5.75 Å². The molecular weight excluding hydrogens is 266 g/mol. The molecule has 8 nitrogen and oxygen atoms in total. The van der Waals surface area contributed by atoms with E-state index in [4.69, 9.17) is 15.6 Å². The third kappa shape index (κ3) is 3.87. The average Bonchev–Trinajstić information content (AvgIpc) is 2.40. The second kappa shape index (κ2) is 6.41. The minimum atomic E-state index is -1.20. The Morgan fingerprint density at radius 2 is 2.00 bits per heavy atom. The molecule has 5 N–H and O–H groups in total. The van der Waals surface area contributed by atoms with Gasteiger partial charge in [-0.1, -0.05) is 0 Å². The molecular formula is C12H15N3O5. The normalized spacial score (nSPS) is 11.3. The number of hydrogen-bond donors (Lipinski definition) is 4. The van der Waals surface area contributed by atoms with Crippen molar-refractivity contribution in [2.75, 3.05) is 12.8 Å². The molecule has 0 aliphatic rings. The van der Waals surface area contributed by atoms with Gasteiger partial charge in [0, 0.05) is 12.7 Å². The number of imide groups is 1. The van der Waals surface area contributed by atoms with E-state index >= 15 is 0 Å². The summed E-state index contributed by atoms with van der Waals surface area (Å²) in [5, 5.41) is 13.2. The van der Waals surface area contributed by atoms with E-state index in [0.29, 0.717) is 0 Å². The molecule has 0 saturated carbocycles. The third-order valence-corrected chi connectivity index (χ3v) is 2.40. The van der Waals surface area contributed by atoms with Crippen LogP contribution in [0, 0.1) is 0 Å². The van der Waals surface area contributed by atoms with E-state index < -0.39 is 24.0 Å². The molecule has 3 amide bonds. The van der Waals surface area contributed by atoms with Gasteiger partial charge in [0.05, 0.1) is 5.56 Å². The topological polar surface area (TPSA) is 131 Å². The quantitative estimate of drug-likeness (QED) is 0.583. The summed E-state index contributed by atoms with van der Waals surface area (Å²) in [6.07, 6.45) is -0.974. The van der Waals surface area contributed by atoms with E-state index in [-0.39, 0.29) is 17.0 Å². The monoisotopic (exact) mass is 281 g/mol. The maximum Gasteiger partial charge on any atom is 0.337 e. The van der Waals surface area contributed by atoms with Crippen molar-refractivity contribution >= 4 is 23.6 Å². The number of nitrogens with one attached hydrogen (secondary N) is 2. The van der Waals surface area contributed by atoms with Gasteiger partial charge in [0.2, 0.25) is 0 Å². The molecule has 0 fully saturated rings. The van der Waals surface area contributed by atoms with Gasteiger partial charge in [0.15, 0.2) is 6.10 Å². The number of amides is 3. The lowest BCUT2D eigenvalue weighted by molar-refractivity contribution is -0.126. The Morgan fingerprint density at radius 1 is 1.35 bits per heavy atom. The maximum absolute atomic E-state index is 11.6. The molecule has 0 heterocycles. The fourth-order valence-corrected chi connectivity index (χ4v) is 1.33. The van der Waals surface area contributed by atoms with Crippen LogP contribution in [0.5, 0.6) is 5.75 Å². The van der Waals surface area contributed by atoms with Gasteiger partial charge in [-0.25, -0.2) is 9.59 Å². The van der Waals surface area contributed by atoms with E-state index in [1.165, 1.54) is 32.2 Å². The fraction of sp³-hybridized carbons (Fsp3) is 0.250. The summed E-state index contributed by atoms with van der Waals surface area (Å²) in [4.78, 5) is 33.4. The Labute approximate surface area is 114 Å². The molecule has 0 bridgehead atoms. The molecule has 8 heteroatoms. The van der Waals surface area contributed by atoms with Crippen molar-refractivity contribution in [3.63, 3.8) is 0 Å². The Hall–Kier alpha value is -2.77. The van der Waals surface area contributed by atoms with E-state index in [0.717, 1.165) is 0 Å². The second-order valence-electron chi connectivity index (χ2n) is 3.88. The van der Waals surface area contributed by atoms with Crippen molar-refractivity contribution in [1.82, 2.24) is 10.6 Å². The standard InChI is InChI=1S/C12H15N3O5/c1-6(10(16)15-12(19)14-2)20-7-3-4-9(13)8(5-7)11(17)18/h3-6H,13H2,1-2H3,(H,17,18)(H2,14,15,16,19). The highest BCUT2D eigenvalue weighted by molar-refractivity contribution is 5.96. The number of nitrogen functional groups attached to an aromatic ring is 1. The maximum atomic E-state index is 11.6. The van der Waals surface area contributed by atoms with Gasteiger partial charge in [-0.3, -0.25) is 10.1 Å². The first-order valence-electron chi connectivity index (χ1n) is 5.67. The Bertz CT molecular complexity index is 544. The number of anilines is 1. The van der Waals surface area contributed by atoms with Crippen LogP contribution in [0.15, 0.2) is 18.2 Å². The molecule has 0 aromatic heterocycles. The zero-order valence-electron chi connectivity index (χ0n) is 11.0. The Morgan fingerprint density at radius 3 is 2.55 bits per heavy atom. The molecule has 1 unspecified atom stereocenters. The highest BCUT2D eigenvalue weighted by atomic mass is 16.5. The number of urea groups is 1. The first-order chi connectivity index (χ1) is 9.35. The first kappa shape index (κ1) is 15.3. The summed E-state index contributed by atoms with van der Waals surface area (Å²) in [7, 11) is 1.37. The number of carbonyl (C=O) groups is 3. The molecule has 108 valence electrons. The smallest absolute Gasteiger partial charge is 0.337 e. The lowest BCUT2D eigenvalue weighted by atomic mass is 10.1. The van der Waals surface area contributed by atoms with Crippen molar-refractivity contribution < 1.29 is 24.2 Å². The number of benzene rings is 1. The van der Waals surface area contributed by atoms with E-state index in [9.17, 15) is 14.4 Å². The minimum Gasteiger partial charge on any atom is -0.481 e. The highest BCUT2D eigenvalue weighted by Crippen LogP contribution is 2.20. The predicted octanol–water partition coefficient (Wildman–Crippen LogP) is 0.190. The van der Waals surface area contributed by atoms with Crippen LogP contribution in [0.1, 0.15) is 17.3 Å². The van der Waals surface area contributed by atoms with Crippen LogP contribution in [0.25, 0.3) is 0 Å². The largest absolute Gasteiger partial charge is 0.481 e. The van der Waals surface area contributed by atoms with E-state index in [1.54, 1.807) is 0 Å². The van der Waals surface area contributed by atoms with Gasteiger partial charge < -0.3 is 20.9 Å². The van der Waals surface area contributed by atoms with Crippen LogP contribution in [0.3, 0.4) is 0 Å². The van der Waals surface area contributed by atoms with E-state index in [2.05, 4.69) is 5.32 Å². The summed E-state index contributed by atoms with van der Waals surface area (Å²) >= 11 is 0. The van der Waals surface area contributed by atoms with Crippen LogP contribution in [-0.4, -0.2) is 36.2 Å². The minimum absolute atomic E-state index is 0.0901. The zero-order valence-corrected chi connectivity index (χ0v) is 11.0. The summed E-state index contributed by atoms with van der Waals surface area (Å²) in [5.41, 5.74) is 5.46. The van der Waals surface area contributed by atoms with Gasteiger partial charge in [-0.15, -0.1) is 0 Å². The summed E-state index contributed by atoms with van der Waals surface area (Å²) in [5.74, 6) is -1.69. The van der Waals surface area contributed by atoms with Gasteiger partial charge in [-0.05, 0) is 25.1 Å². The fourth-order valence-electron chi connectivity index (χ4n) is 1.33. The average molecular weight is 281 g/mol.